The average molecular weight is 220 g/mol. The van der Waals surface area contributed by atoms with Crippen LogP contribution in [0.4, 0.5) is 4.79 Å². The lowest BCUT2D eigenvalue weighted by Crippen LogP contribution is -2.00. The van der Waals surface area contributed by atoms with E-state index < -0.39 is 6.16 Å². The number of carboxylic acid groups (broad SMARTS) is 1. The lowest BCUT2D eigenvalue weighted by atomic mass is 10.2. The summed E-state index contributed by atoms with van der Waals surface area (Å²) in [7, 11) is 0. The second-order valence-electron chi connectivity index (χ2n) is 2.85. The molecule has 0 aliphatic heterocycles. The van der Waals surface area contributed by atoms with E-state index >= 15 is 0 Å². The van der Waals surface area contributed by atoms with Gasteiger partial charge in [-0.25, -0.2) is 4.79 Å². The Kier molecular flexibility index (Phi) is 2.69. The van der Waals surface area contributed by atoms with Crippen molar-refractivity contribution in [3.8, 4) is 15.5 Å². The molecule has 2 rings (SSSR count). The van der Waals surface area contributed by atoms with Crippen molar-refractivity contribution in [3.63, 3.8) is 0 Å². The van der Waals surface area contributed by atoms with Crippen LogP contribution in [0.1, 0.15) is 0 Å². The van der Waals surface area contributed by atoms with E-state index in [1.807, 2.05) is 36.4 Å². The van der Waals surface area contributed by atoms with E-state index in [2.05, 4.69) is 4.74 Å². The van der Waals surface area contributed by atoms with Crippen LogP contribution in [0.15, 0.2) is 42.5 Å². The molecular formula is C11H8O3S. The Morgan fingerprint density at radius 2 is 1.87 bits per heavy atom. The molecule has 1 aromatic carbocycles. The van der Waals surface area contributed by atoms with Crippen LogP contribution in [0.5, 0.6) is 5.06 Å². The summed E-state index contributed by atoms with van der Waals surface area (Å²) >= 11 is 1.31. The fraction of sp³-hybridized carbons (Fsp3) is 0. The fourth-order valence-corrected chi connectivity index (χ4v) is 2.07. The molecule has 3 nitrogen and oxygen atoms in total. The van der Waals surface area contributed by atoms with Gasteiger partial charge >= 0.3 is 6.16 Å². The molecule has 1 N–H and O–H groups in total. The Bertz CT molecular complexity index is 462. The van der Waals surface area contributed by atoms with Crippen molar-refractivity contribution in [1.29, 1.82) is 0 Å². The van der Waals surface area contributed by atoms with Gasteiger partial charge in [0, 0.05) is 4.88 Å². The van der Waals surface area contributed by atoms with Crippen LogP contribution in [-0.4, -0.2) is 11.3 Å². The highest BCUT2D eigenvalue weighted by Gasteiger charge is 2.05. The summed E-state index contributed by atoms with van der Waals surface area (Å²) in [6.07, 6.45) is -1.28. The van der Waals surface area contributed by atoms with Gasteiger partial charge in [-0.1, -0.05) is 41.7 Å². The Balaban J connectivity index is 2.24. The normalized spacial score (nSPS) is 9.87. The van der Waals surface area contributed by atoms with Gasteiger partial charge in [0.1, 0.15) is 0 Å². The summed E-state index contributed by atoms with van der Waals surface area (Å²) < 4.78 is 4.55. The van der Waals surface area contributed by atoms with Crippen LogP contribution in [0.3, 0.4) is 0 Å². The molecular weight excluding hydrogens is 212 g/mol. The highest BCUT2D eigenvalue weighted by molar-refractivity contribution is 7.17. The lowest BCUT2D eigenvalue weighted by molar-refractivity contribution is 0.146. The van der Waals surface area contributed by atoms with Crippen LogP contribution in [0.25, 0.3) is 10.4 Å². The summed E-state index contributed by atoms with van der Waals surface area (Å²) in [5, 5.41) is 8.82. The van der Waals surface area contributed by atoms with E-state index in [-0.39, 0.29) is 0 Å². The smallest absolute Gasteiger partial charge is 0.449 e. The van der Waals surface area contributed by atoms with E-state index in [1.165, 1.54) is 11.3 Å². The Morgan fingerprint density at radius 3 is 2.53 bits per heavy atom. The summed E-state index contributed by atoms with van der Waals surface area (Å²) in [6, 6.07) is 13.2. The van der Waals surface area contributed by atoms with Gasteiger partial charge in [0.2, 0.25) is 0 Å². The van der Waals surface area contributed by atoms with Crippen LogP contribution >= 0.6 is 11.3 Å². The van der Waals surface area contributed by atoms with Gasteiger partial charge in [-0.05, 0) is 17.7 Å². The van der Waals surface area contributed by atoms with E-state index in [1.54, 1.807) is 6.07 Å². The predicted molar refractivity (Wildman–Crippen MR) is 58.4 cm³/mol. The van der Waals surface area contributed by atoms with Crippen LogP contribution in [0.2, 0.25) is 0 Å². The molecule has 0 atom stereocenters. The highest BCUT2D eigenvalue weighted by Crippen LogP contribution is 2.32. The number of thiophene rings is 1. The Labute approximate surface area is 90.6 Å². The predicted octanol–water partition coefficient (Wildman–Crippen LogP) is 3.47. The molecule has 4 heteroatoms. The third-order valence-corrected chi connectivity index (χ3v) is 2.84. The largest absolute Gasteiger partial charge is 0.512 e. The van der Waals surface area contributed by atoms with Crippen molar-refractivity contribution in [2.75, 3.05) is 0 Å². The summed E-state index contributed by atoms with van der Waals surface area (Å²) in [4.78, 5) is 11.3. The third-order valence-electron chi connectivity index (χ3n) is 1.83. The minimum atomic E-state index is -1.28. The molecule has 76 valence electrons. The first-order valence-electron chi connectivity index (χ1n) is 4.32. The van der Waals surface area contributed by atoms with Gasteiger partial charge in [-0.3, -0.25) is 0 Å². The molecule has 0 amide bonds. The Morgan fingerprint density at radius 1 is 1.13 bits per heavy atom. The molecule has 0 spiro atoms. The zero-order valence-corrected chi connectivity index (χ0v) is 8.53. The first-order chi connectivity index (χ1) is 7.25. The molecule has 0 fully saturated rings. The van der Waals surface area contributed by atoms with Crippen molar-refractivity contribution in [3.05, 3.63) is 42.5 Å². The van der Waals surface area contributed by atoms with Crippen LogP contribution < -0.4 is 4.74 Å². The van der Waals surface area contributed by atoms with Gasteiger partial charge in [-0.2, -0.15) is 0 Å². The maximum absolute atomic E-state index is 10.3. The van der Waals surface area contributed by atoms with E-state index in [4.69, 9.17) is 5.11 Å². The average Bonchev–Trinajstić information content (AvgIpc) is 2.67. The summed E-state index contributed by atoms with van der Waals surface area (Å²) in [6.45, 7) is 0. The zero-order valence-electron chi connectivity index (χ0n) is 7.71. The standard InChI is InChI=1S/C11H8O3S/c12-11(13)14-10-7-6-9(15-10)8-4-2-1-3-5-8/h1-7H,(H,12,13). The first kappa shape index (κ1) is 9.73. The monoisotopic (exact) mass is 220 g/mol. The molecule has 1 aromatic heterocycles. The third kappa shape index (κ3) is 2.35. The lowest BCUT2D eigenvalue weighted by Gasteiger charge is -1.95. The minimum Gasteiger partial charge on any atom is -0.449 e. The molecule has 0 saturated heterocycles. The highest BCUT2D eigenvalue weighted by atomic mass is 32.1. The SMILES string of the molecule is O=C(O)Oc1ccc(-c2ccccc2)s1. The second-order valence-corrected chi connectivity index (χ2v) is 3.90. The summed E-state index contributed by atoms with van der Waals surface area (Å²) in [5.74, 6) is 0. The van der Waals surface area contributed by atoms with E-state index in [0.717, 1.165) is 10.4 Å². The number of ether oxygens (including phenoxy) is 1. The van der Waals surface area contributed by atoms with Gasteiger partial charge < -0.3 is 9.84 Å². The van der Waals surface area contributed by atoms with E-state index in [0.29, 0.717) is 5.06 Å². The molecule has 0 aliphatic carbocycles. The molecule has 0 saturated carbocycles. The molecule has 0 bridgehead atoms. The van der Waals surface area contributed by atoms with Crippen molar-refractivity contribution >= 4 is 17.5 Å². The Hall–Kier alpha value is -1.81. The van der Waals surface area contributed by atoms with Gasteiger partial charge in [0.25, 0.3) is 0 Å². The number of hydrogen-bond donors (Lipinski definition) is 1. The van der Waals surface area contributed by atoms with Crippen molar-refractivity contribution in [2.45, 2.75) is 0 Å². The summed E-state index contributed by atoms with van der Waals surface area (Å²) in [5.41, 5.74) is 1.06. The molecule has 15 heavy (non-hydrogen) atoms. The molecule has 0 radical (unpaired) electrons. The number of hydrogen-bond acceptors (Lipinski definition) is 3. The quantitative estimate of drug-likeness (QED) is 0.788. The topological polar surface area (TPSA) is 46.5 Å². The molecule has 0 unspecified atom stereocenters. The van der Waals surface area contributed by atoms with Crippen LogP contribution in [-0.2, 0) is 0 Å². The first-order valence-corrected chi connectivity index (χ1v) is 5.13. The van der Waals surface area contributed by atoms with Gasteiger partial charge in [0.15, 0.2) is 5.06 Å². The van der Waals surface area contributed by atoms with Crippen LogP contribution in [0, 0.1) is 0 Å². The minimum absolute atomic E-state index is 0.390. The van der Waals surface area contributed by atoms with Crippen molar-refractivity contribution in [2.24, 2.45) is 0 Å². The number of benzene rings is 1. The van der Waals surface area contributed by atoms with Crippen molar-refractivity contribution < 1.29 is 14.6 Å². The number of carbonyl (C=O) groups is 1. The molecule has 0 aliphatic rings. The number of rotatable bonds is 2. The van der Waals surface area contributed by atoms with Gasteiger partial charge in [-0.15, -0.1) is 0 Å². The molecule has 2 aromatic rings. The van der Waals surface area contributed by atoms with Gasteiger partial charge in [0.05, 0.1) is 0 Å². The zero-order chi connectivity index (χ0) is 10.7. The second kappa shape index (κ2) is 4.14. The van der Waals surface area contributed by atoms with E-state index in [9.17, 15) is 4.79 Å². The molecule has 1 heterocycles. The maximum atomic E-state index is 10.3. The fourth-order valence-electron chi connectivity index (χ4n) is 1.22. The van der Waals surface area contributed by atoms with Crippen molar-refractivity contribution in [1.82, 2.24) is 0 Å². The maximum Gasteiger partial charge on any atom is 0.512 e.